The van der Waals surface area contributed by atoms with Crippen LogP contribution in [-0.2, 0) is 9.53 Å². The molecule has 0 aliphatic rings. The molecular formula is C16H12ClF3N2O4. The molecule has 138 valence electrons. The highest BCUT2D eigenvalue weighted by molar-refractivity contribution is 6.31. The molecule has 0 aromatic heterocycles. The van der Waals surface area contributed by atoms with Gasteiger partial charge >= 0.3 is 12.3 Å². The molecule has 0 spiro atoms. The second-order valence-corrected chi connectivity index (χ2v) is 5.36. The first kappa shape index (κ1) is 19.4. The Morgan fingerprint density at radius 2 is 1.77 bits per heavy atom. The number of alkyl halides is 3. The number of halogens is 4. The van der Waals surface area contributed by atoms with Crippen molar-refractivity contribution in [1.82, 2.24) is 0 Å². The van der Waals surface area contributed by atoms with Crippen molar-refractivity contribution in [3.8, 4) is 5.75 Å². The quantitative estimate of drug-likeness (QED) is 0.603. The highest BCUT2D eigenvalue weighted by Gasteiger charge is 2.30. The van der Waals surface area contributed by atoms with Crippen LogP contribution in [0.2, 0.25) is 5.02 Å². The van der Waals surface area contributed by atoms with Gasteiger partial charge in [0.25, 0.3) is 5.91 Å². The Morgan fingerprint density at radius 1 is 1.12 bits per heavy atom. The van der Waals surface area contributed by atoms with Crippen molar-refractivity contribution in [2.24, 2.45) is 0 Å². The van der Waals surface area contributed by atoms with E-state index in [0.717, 1.165) is 12.1 Å². The molecule has 0 bridgehead atoms. The van der Waals surface area contributed by atoms with Crippen molar-refractivity contribution in [2.45, 2.75) is 6.36 Å². The second-order valence-electron chi connectivity index (χ2n) is 4.93. The van der Waals surface area contributed by atoms with Gasteiger partial charge in [0, 0.05) is 16.4 Å². The van der Waals surface area contributed by atoms with E-state index in [2.05, 4.69) is 10.1 Å². The molecule has 0 fully saturated rings. The van der Waals surface area contributed by atoms with Crippen LogP contribution in [0.5, 0.6) is 5.75 Å². The van der Waals surface area contributed by atoms with E-state index in [9.17, 15) is 22.8 Å². The van der Waals surface area contributed by atoms with E-state index in [1.807, 2.05) is 0 Å². The number of hydrogen-bond acceptors (Lipinski definition) is 5. The molecule has 0 radical (unpaired) electrons. The van der Waals surface area contributed by atoms with Crippen LogP contribution in [0.3, 0.4) is 0 Å². The van der Waals surface area contributed by atoms with Crippen LogP contribution in [-0.4, -0.2) is 24.8 Å². The maximum Gasteiger partial charge on any atom is 0.573 e. The maximum absolute atomic E-state index is 12.1. The minimum absolute atomic E-state index is 0.0129. The summed E-state index contributed by atoms with van der Waals surface area (Å²) in [6, 6.07) is 8.68. The van der Waals surface area contributed by atoms with E-state index in [-0.39, 0.29) is 22.0 Å². The first-order chi connectivity index (χ1) is 12.1. The lowest BCUT2D eigenvalue weighted by Gasteiger charge is -2.10. The number of amides is 1. The predicted molar refractivity (Wildman–Crippen MR) is 87.9 cm³/mol. The third-order valence-electron chi connectivity index (χ3n) is 2.94. The summed E-state index contributed by atoms with van der Waals surface area (Å²) in [5, 5.41) is 2.63. The van der Waals surface area contributed by atoms with Gasteiger partial charge in [0.1, 0.15) is 5.75 Å². The van der Waals surface area contributed by atoms with Gasteiger partial charge in [0.15, 0.2) is 6.61 Å². The monoisotopic (exact) mass is 388 g/mol. The number of nitrogens with two attached hydrogens (primary N) is 1. The van der Waals surface area contributed by atoms with Gasteiger partial charge in [-0.15, -0.1) is 13.2 Å². The van der Waals surface area contributed by atoms with Gasteiger partial charge in [-0.05, 0) is 42.5 Å². The minimum Gasteiger partial charge on any atom is -0.452 e. The van der Waals surface area contributed by atoms with E-state index in [1.54, 1.807) is 0 Å². The average molecular weight is 389 g/mol. The summed E-state index contributed by atoms with van der Waals surface area (Å²) in [6.07, 6.45) is -4.80. The fourth-order valence-corrected chi connectivity index (χ4v) is 2.02. The Hall–Kier alpha value is -2.94. The van der Waals surface area contributed by atoms with Crippen LogP contribution in [0.4, 0.5) is 24.5 Å². The normalized spacial score (nSPS) is 10.9. The highest BCUT2D eigenvalue weighted by atomic mass is 35.5. The molecule has 0 heterocycles. The molecule has 2 aromatic rings. The topological polar surface area (TPSA) is 90.7 Å². The number of nitrogen functional groups attached to an aromatic ring is 1. The van der Waals surface area contributed by atoms with Gasteiger partial charge in [0.05, 0.1) is 5.56 Å². The van der Waals surface area contributed by atoms with Crippen molar-refractivity contribution < 1.29 is 32.2 Å². The molecule has 0 saturated heterocycles. The van der Waals surface area contributed by atoms with E-state index in [0.29, 0.717) is 0 Å². The second kappa shape index (κ2) is 7.96. The van der Waals surface area contributed by atoms with Gasteiger partial charge in [-0.1, -0.05) is 11.6 Å². The SMILES string of the molecule is Nc1ccc(Cl)cc1C(=O)OCC(=O)Nc1ccc(OC(F)(F)F)cc1. The van der Waals surface area contributed by atoms with Crippen LogP contribution in [0.15, 0.2) is 42.5 Å². The zero-order valence-corrected chi connectivity index (χ0v) is 13.7. The Bertz CT molecular complexity index is 810. The van der Waals surface area contributed by atoms with Crippen LogP contribution >= 0.6 is 11.6 Å². The Labute approximate surface area is 150 Å². The number of carbonyl (C=O) groups excluding carboxylic acids is 2. The van der Waals surface area contributed by atoms with Crippen molar-refractivity contribution in [3.63, 3.8) is 0 Å². The first-order valence-corrected chi connectivity index (χ1v) is 7.39. The third kappa shape index (κ3) is 5.85. The van der Waals surface area contributed by atoms with E-state index < -0.39 is 30.6 Å². The highest BCUT2D eigenvalue weighted by Crippen LogP contribution is 2.24. The molecule has 0 saturated carbocycles. The number of benzene rings is 2. The van der Waals surface area contributed by atoms with Crippen molar-refractivity contribution >= 4 is 34.9 Å². The fourth-order valence-electron chi connectivity index (χ4n) is 1.85. The molecule has 10 heteroatoms. The van der Waals surface area contributed by atoms with Gasteiger partial charge in [-0.25, -0.2) is 4.79 Å². The summed E-state index contributed by atoms with van der Waals surface area (Å²) in [4.78, 5) is 23.6. The maximum atomic E-state index is 12.1. The zero-order chi connectivity index (χ0) is 19.3. The van der Waals surface area contributed by atoms with Gasteiger partial charge in [0.2, 0.25) is 0 Å². The minimum atomic E-state index is -4.80. The molecule has 2 aromatic carbocycles. The molecule has 6 nitrogen and oxygen atoms in total. The molecule has 2 rings (SSSR count). The lowest BCUT2D eigenvalue weighted by molar-refractivity contribution is -0.274. The molecule has 0 aliphatic carbocycles. The Balaban J connectivity index is 1.88. The number of nitrogens with one attached hydrogen (secondary N) is 1. The molecule has 0 aliphatic heterocycles. The lowest BCUT2D eigenvalue weighted by atomic mass is 10.2. The van der Waals surface area contributed by atoms with Crippen LogP contribution in [0.25, 0.3) is 0 Å². The van der Waals surface area contributed by atoms with Gasteiger partial charge in [-0.3, -0.25) is 4.79 Å². The van der Waals surface area contributed by atoms with E-state index in [4.69, 9.17) is 22.1 Å². The summed E-state index contributed by atoms with van der Waals surface area (Å²) in [6.45, 7) is -0.619. The largest absolute Gasteiger partial charge is 0.573 e. The van der Waals surface area contributed by atoms with Crippen molar-refractivity contribution in [3.05, 3.63) is 53.1 Å². The molecule has 0 atom stereocenters. The summed E-state index contributed by atoms with van der Waals surface area (Å²) < 4.78 is 44.7. The van der Waals surface area contributed by atoms with Crippen LogP contribution < -0.4 is 15.8 Å². The van der Waals surface area contributed by atoms with Gasteiger partial charge in [-0.2, -0.15) is 0 Å². The third-order valence-corrected chi connectivity index (χ3v) is 3.18. The molecular weight excluding hydrogens is 377 g/mol. The Morgan fingerprint density at radius 3 is 2.38 bits per heavy atom. The lowest BCUT2D eigenvalue weighted by Crippen LogP contribution is -2.21. The summed E-state index contributed by atoms with van der Waals surface area (Å²) in [5.41, 5.74) is 5.98. The number of ether oxygens (including phenoxy) is 2. The smallest absolute Gasteiger partial charge is 0.452 e. The van der Waals surface area contributed by atoms with E-state index >= 15 is 0 Å². The van der Waals surface area contributed by atoms with Crippen molar-refractivity contribution in [1.29, 1.82) is 0 Å². The molecule has 3 N–H and O–H groups in total. The summed E-state index contributed by atoms with van der Waals surface area (Å²) in [7, 11) is 0. The number of hydrogen-bond donors (Lipinski definition) is 2. The molecule has 0 unspecified atom stereocenters. The summed E-state index contributed by atoms with van der Waals surface area (Å²) >= 11 is 5.76. The van der Waals surface area contributed by atoms with Gasteiger partial charge < -0.3 is 20.5 Å². The standard InChI is InChI=1S/C16H12ClF3N2O4/c17-9-1-6-13(21)12(7-9)15(24)25-8-14(23)22-10-2-4-11(5-3-10)26-16(18,19)20/h1-7H,8,21H2,(H,22,23). The average Bonchev–Trinajstić information content (AvgIpc) is 2.55. The molecule has 1 amide bonds. The number of anilines is 2. The molecule has 26 heavy (non-hydrogen) atoms. The number of esters is 1. The van der Waals surface area contributed by atoms with Crippen LogP contribution in [0.1, 0.15) is 10.4 Å². The summed E-state index contributed by atoms with van der Waals surface area (Å²) in [5.74, 6) is -1.96. The predicted octanol–water partition coefficient (Wildman–Crippen LogP) is 3.62. The Kier molecular flexibility index (Phi) is 5.93. The van der Waals surface area contributed by atoms with Crippen LogP contribution in [0, 0.1) is 0 Å². The zero-order valence-electron chi connectivity index (χ0n) is 13.0. The van der Waals surface area contributed by atoms with E-state index in [1.165, 1.54) is 30.3 Å². The number of carbonyl (C=O) groups is 2. The first-order valence-electron chi connectivity index (χ1n) is 7.02. The number of rotatable bonds is 5. The van der Waals surface area contributed by atoms with Crippen molar-refractivity contribution in [2.75, 3.05) is 17.7 Å². The fraction of sp³-hybridized carbons (Fsp3) is 0.125.